The van der Waals surface area contributed by atoms with Crippen LogP contribution in [0.3, 0.4) is 0 Å². The van der Waals surface area contributed by atoms with Crippen LogP contribution in [-0.2, 0) is 11.2 Å². The average molecular weight is 315 g/mol. The normalized spacial score (nSPS) is 27.6. The van der Waals surface area contributed by atoms with Gasteiger partial charge in [-0.3, -0.25) is 0 Å². The number of aliphatic hydroxyl groups is 1. The molecular weight excluding hydrogens is 291 g/mol. The Morgan fingerprint density at radius 1 is 1.52 bits per heavy atom. The molecule has 118 valence electrons. The quantitative estimate of drug-likeness (QED) is 0.874. The molecule has 2 rings (SSSR count). The van der Waals surface area contributed by atoms with Crippen molar-refractivity contribution >= 4 is 11.6 Å². The largest absolute Gasteiger partial charge is 0.390 e. The van der Waals surface area contributed by atoms with Gasteiger partial charge >= 0.3 is 0 Å². The Bertz CT molecular complexity index is 476. The van der Waals surface area contributed by atoms with Gasteiger partial charge in [0.2, 0.25) is 0 Å². The molecule has 1 N–H and O–H groups in total. The number of benzene rings is 1. The van der Waals surface area contributed by atoms with Gasteiger partial charge < -0.3 is 9.84 Å². The van der Waals surface area contributed by atoms with Gasteiger partial charge in [-0.2, -0.15) is 0 Å². The van der Waals surface area contributed by atoms with E-state index in [4.69, 9.17) is 16.3 Å². The third kappa shape index (κ3) is 3.77. The van der Waals surface area contributed by atoms with Gasteiger partial charge in [-0.05, 0) is 37.3 Å². The number of hydrogen-bond donors (Lipinski definition) is 1. The summed E-state index contributed by atoms with van der Waals surface area (Å²) in [7, 11) is 0. The number of halogens is 2. The van der Waals surface area contributed by atoms with Crippen molar-refractivity contribution in [1.29, 1.82) is 0 Å². The zero-order valence-electron chi connectivity index (χ0n) is 12.7. The molecule has 1 saturated carbocycles. The Morgan fingerprint density at radius 2 is 2.29 bits per heavy atom. The molecule has 0 amide bonds. The zero-order valence-corrected chi connectivity index (χ0v) is 13.5. The maximum absolute atomic E-state index is 14.0. The molecule has 1 aromatic carbocycles. The maximum Gasteiger partial charge on any atom is 0.145 e. The molecule has 1 aliphatic carbocycles. The second-order valence-electron chi connectivity index (χ2n) is 6.13. The molecular formula is C17H24ClFO2. The predicted molar refractivity (Wildman–Crippen MR) is 83.1 cm³/mol. The van der Waals surface area contributed by atoms with Crippen molar-refractivity contribution in [1.82, 2.24) is 0 Å². The molecule has 0 radical (unpaired) electrons. The first-order valence-electron chi connectivity index (χ1n) is 7.73. The molecule has 0 heterocycles. The van der Waals surface area contributed by atoms with Gasteiger partial charge in [0.1, 0.15) is 5.82 Å². The molecule has 0 aliphatic heterocycles. The lowest BCUT2D eigenvalue weighted by Crippen LogP contribution is -2.49. The summed E-state index contributed by atoms with van der Waals surface area (Å²) >= 11 is 5.81. The van der Waals surface area contributed by atoms with Crippen LogP contribution in [0.4, 0.5) is 4.39 Å². The molecule has 3 unspecified atom stereocenters. The SMILES string of the molecule is CCOC1(C(O)Cc2cccc(Cl)c2F)CCCC(C)C1. The first kappa shape index (κ1) is 16.7. The van der Waals surface area contributed by atoms with Crippen molar-refractivity contribution in [3.63, 3.8) is 0 Å². The Balaban J connectivity index is 2.18. The molecule has 0 aromatic heterocycles. The van der Waals surface area contributed by atoms with Gasteiger partial charge in [0, 0.05) is 13.0 Å². The van der Waals surface area contributed by atoms with Crippen LogP contribution in [-0.4, -0.2) is 23.4 Å². The standard InChI is InChI=1S/C17H24ClFO2/c1-3-21-17(9-5-6-12(2)11-17)15(20)10-13-7-4-8-14(18)16(13)19/h4,7-8,12,15,20H,3,5-6,9-11H2,1-2H3. The van der Waals surface area contributed by atoms with Crippen molar-refractivity contribution in [3.8, 4) is 0 Å². The van der Waals surface area contributed by atoms with Gasteiger partial charge in [-0.15, -0.1) is 0 Å². The fourth-order valence-corrected chi connectivity index (χ4v) is 3.66. The van der Waals surface area contributed by atoms with Crippen LogP contribution in [0.25, 0.3) is 0 Å². The fourth-order valence-electron chi connectivity index (χ4n) is 3.46. The Kier molecular flexibility index (Phi) is 5.64. The molecule has 21 heavy (non-hydrogen) atoms. The second-order valence-corrected chi connectivity index (χ2v) is 6.54. The van der Waals surface area contributed by atoms with Gasteiger partial charge in [-0.25, -0.2) is 4.39 Å². The lowest BCUT2D eigenvalue weighted by atomic mass is 9.74. The van der Waals surface area contributed by atoms with Gasteiger partial charge in [0.15, 0.2) is 0 Å². The monoisotopic (exact) mass is 314 g/mol. The van der Waals surface area contributed by atoms with Crippen LogP contribution in [0.1, 0.15) is 45.1 Å². The highest BCUT2D eigenvalue weighted by Gasteiger charge is 2.42. The molecule has 3 atom stereocenters. The maximum atomic E-state index is 14.0. The fraction of sp³-hybridized carbons (Fsp3) is 0.647. The second kappa shape index (κ2) is 7.08. The highest BCUT2D eigenvalue weighted by molar-refractivity contribution is 6.30. The van der Waals surface area contributed by atoms with Crippen LogP contribution >= 0.6 is 11.6 Å². The molecule has 2 nitrogen and oxygen atoms in total. The summed E-state index contributed by atoms with van der Waals surface area (Å²) in [5.74, 6) is 0.0814. The third-order valence-electron chi connectivity index (χ3n) is 4.47. The van der Waals surface area contributed by atoms with Gasteiger partial charge in [0.05, 0.1) is 16.7 Å². The van der Waals surface area contributed by atoms with E-state index in [2.05, 4.69) is 6.92 Å². The van der Waals surface area contributed by atoms with Gasteiger partial charge in [-0.1, -0.05) is 43.5 Å². The average Bonchev–Trinajstić information content (AvgIpc) is 2.44. The summed E-state index contributed by atoms with van der Waals surface area (Å²) in [6.07, 6.45) is 3.37. The van der Waals surface area contributed by atoms with Crippen LogP contribution in [0.15, 0.2) is 18.2 Å². The van der Waals surface area contributed by atoms with Crippen molar-refractivity contribution in [2.24, 2.45) is 5.92 Å². The predicted octanol–water partition coefficient (Wildman–Crippen LogP) is 4.37. The van der Waals surface area contributed by atoms with E-state index in [-0.39, 0.29) is 11.4 Å². The van der Waals surface area contributed by atoms with Crippen molar-refractivity contribution in [2.45, 2.75) is 57.7 Å². The Morgan fingerprint density at radius 3 is 2.95 bits per heavy atom. The molecule has 0 bridgehead atoms. The molecule has 1 aromatic rings. The lowest BCUT2D eigenvalue weighted by Gasteiger charge is -2.43. The summed E-state index contributed by atoms with van der Waals surface area (Å²) in [5.41, 5.74) is -0.103. The first-order valence-corrected chi connectivity index (χ1v) is 8.11. The molecule has 0 spiro atoms. The summed E-state index contributed by atoms with van der Waals surface area (Å²) in [5, 5.41) is 10.8. The molecule has 0 saturated heterocycles. The smallest absolute Gasteiger partial charge is 0.145 e. The first-order chi connectivity index (χ1) is 9.98. The van der Waals surface area contributed by atoms with Crippen LogP contribution in [0.5, 0.6) is 0 Å². The summed E-state index contributed by atoms with van der Waals surface area (Å²) < 4.78 is 20.0. The third-order valence-corrected chi connectivity index (χ3v) is 4.77. The lowest BCUT2D eigenvalue weighted by molar-refractivity contribution is -0.147. The van der Waals surface area contributed by atoms with Crippen molar-refractivity contribution < 1.29 is 14.2 Å². The van der Waals surface area contributed by atoms with Crippen molar-refractivity contribution in [2.75, 3.05) is 6.61 Å². The van der Waals surface area contributed by atoms with Crippen LogP contribution in [0.2, 0.25) is 5.02 Å². The Hall–Kier alpha value is -0.640. The topological polar surface area (TPSA) is 29.5 Å². The number of rotatable bonds is 5. The number of hydrogen-bond acceptors (Lipinski definition) is 2. The van der Waals surface area contributed by atoms with Crippen molar-refractivity contribution in [3.05, 3.63) is 34.6 Å². The minimum Gasteiger partial charge on any atom is -0.390 e. The number of aliphatic hydroxyl groups excluding tert-OH is 1. The minimum atomic E-state index is -0.715. The number of ether oxygens (including phenoxy) is 1. The van der Waals surface area contributed by atoms with E-state index < -0.39 is 17.5 Å². The Labute approximate surface area is 131 Å². The molecule has 1 aliphatic rings. The van der Waals surface area contributed by atoms with E-state index >= 15 is 0 Å². The van der Waals surface area contributed by atoms with Crippen LogP contribution in [0, 0.1) is 11.7 Å². The van der Waals surface area contributed by atoms with Gasteiger partial charge in [0.25, 0.3) is 0 Å². The summed E-state index contributed by atoms with van der Waals surface area (Å²) in [4.78, 5) is 0. The minimum absolute atomic E-state index is 0.0992. The molecule has 1 fully saturated rings. The zero-order chi connectivity index (χ0) is 15.5. The summed E-state index contributed by atoms with van der Waals surface area (Å²) in [6, 6.07) is 4.91. The molecule has 4 heteroatoms. The van der Waals surface area contributed by atoms with E-state index in [9.17, 15) is 9.50 Å². The van der Waals surface area contributed by atoms with E-state index in [1.165, 1.54) is 6.07 Å². The van der Waals surface area contributed by atoms with E-state index in [0.717, 1.165) is 25.7 Å². The highest BCUT2D eigenvalue weighted by atomic mass is 35.5. The van der Waals surface area contributed by atoms with E-state index in [1.807, 2.05) is 6.92 Å². The van der Waals surface area contributed by atoms with E-state index in [0.29, 0.717) is 18.1 Å². The highest BCUT2D eigenvalue weighted by Crippen LogP contribution is 2.39. The van der Waals surface area contributed by atoms with E-state index in [1.54, 1.807) is 12.1 Å². The van der Waals surface area contributed by atoms with Crippen LogP contribution < -0.4 is 0 Å². The summed E-state index contributed by atoms with van der Waals surface area (Å²) in [6.45, 7) is 4.68.